The van der Waals surface area contributed by atoms with Crippen LogP contribution in [0.3, 0.4) is 0 Å². The second-order valence-electron chi connectivity index (χ2n) is 5.35. The summed E-state index contributed by atoms with van der Waals surface area (Å²) in [4.78, 5) is 27.1. The van der Waals surface area contributed by atoms with Crippen LogP contribution in [0, 0.1) is 0 Å². The molecule has 2 atom stereocenters. The van der Waals surface area contributed by atoms with Crippen LogP contribution in [0.1, 0.15) is 32.6 Å². The summed E-state index contributed by atoms with van der Waals surface area (Å²) in [6.07, 6.45) is 2.90. The fourth-order valence-corrected chi connectivity index (χ4v) is 3.85. The van der Waals surface area contributed by atoms with Gasteiger partial charge in [-0.2, -0.15) is 11.8 Å². The minimum absolute atomic E-state index is 0.0399. The highest BCUT2D eigenvalue weighted by Gasteiger charge is 2.32. The molecule has 2 saturated heterocycles. The number of carboxylic acids is 1. The molecule has 0 aromatic rings. The van der Waals surface area contributed by atoms with E-state index in [2.05, 4.69) is 6.92 Å². The molecule has 0 aliphatic carbocycles. The molecule has 108 valence electrons. The Balaban J connectivity index is 2.00. The van der Waals surface area contributed by atoms with Crippen molar-refractivity contribution < 1.29 is 14.7 Å². The van der Waals surface area contributed by atoms with Crippen LogP contribution >= 0.6 is 11.8 Å². The third-order valence-corrected chi connectivity index (χ3v) is 4.93. The summed E-state index contributed by atoms with van der Waals surface area (Å²) >= 11 is 1.89. The van der Waals surface area contributed by atoms with E-state index in [4.69, 9.17) is 5.11 Å². The van der Waals surface area contributed by atoms with Crippen LogP contribution in [0.5, 0.6) is 0 Å². The molecule has 2 aliphatic heterocycles. The minimum atomic E-state index is -0.813. The van der Waals surface area contributed by atoms with Gasteiger partial charge in [0.05, 0.1) is 6.42 Å². The lowest BCUT2D eigenvalue weighted by Crippen LogP contribution is -2.53. The first-order valence-corrected chi connectivity index (χ1v) is 8.01. The zero-order chi connectivity index (χ0) is 13.8. The van der Waals surface area contributed by atoms with E-state index < -0.39 is 5.97 Å². The standard InChI is InChI=1S/C13H22N2O3S/c1-10-9-14(6-7-19-10)13(18)15-5-3-2-4-11(15)8-12(16)17/h10-11H,2-9H2,1H3,(H,16,17). The molecule has 1 N–H and O–H groups in total. The first kappa shape index (κ1) is 14.5. The van der Waals surface area contributed by atoms with Crippen molar-refractivity contribution in [3.8, 4) is 0 Å². The van der Waals surface area contributed by atoms with E-state index in [1.54, 1.807) is 4.90 Å². The van der Waals surface area contributed by atoms with Gasteiger partial charge in [0.2, 0.25) is 0 Å². The molecule has 0 spiro atoms. The topological polar surface area (TPSA) is 60.9 Å². The predicted octanol–water partition coefficient (Wildman–Crippen LogP) is 1.87. The number of hydrogen-bond donors (Lipinski definition) is 1. The SMILES string of the molecule is CC1CN(C(=O)N2CCCCC2CC(=O)O)CCS1. The number of urea groups is 1. The minimum Gasteiger partial charge on any atom is -0.481 e. The summed E-state index contributed by atoms with van der Waals surface area (Å²) in [7, 11) is 0. The Bertz CT molecular complexity index is 351. The molecule has 19 heavy (non-hydrogen) atoms. The summed E-state index contributed by atoms with van der Waals surface area (Å²) in [5.41, 5.74) is 0. The van der Waals surface area contributed by atoms with Crippen molar-refractivity contribution in [2.24, 2.45) is 0 Å². The van der Waals surface area contributed by atoms with Crippen LogP contribution in [0.15, 0.2) is 0 Å². The van der Waals surface area contributed by atoms with Gasteiger partial charge >= 0.3 is 12.0 Å². The molecule has 0 radical (unpaired) electrons. The van der Waals surface area contributed by atoms with Crippen LogP contribution < -0.4 is 0 Å². The Morgan fingerprint density at radius 3 is 2.79 bits per heavy atom. The molecule has 0 aromatic carbocycles. The number of piperidine rings is 1. The molecule has 6 heteroatoms. The number of nitrogens with zero attached hydrogens (tertiary/aromatic N) is 2. The van der Waals surface area contributed by atoms with Gasteiger partial charge in [0.25, 0.3) is 0 Å². The molecule has 2 aliphatic rings. The summed E-state index contributed by atoms with van der Waals surface area (Å²) < 4.78 is 0. The molecule has 2 rings (SSSR count). The highest BCUT2D eigenvalue weighted by Crippen LogP contribution is 2.24. The molecule has 0 aromatic heterocycles. The normalized spacial score (nSPS) is 28.3. The summed E-state index contributed by atoms with van der Waals surface area (Å²) in [6, 6.07) is -0.0817. The number of aliphatic carboxylic acids is 1. The highest BCUT2D eigenvalue weighted by atomic mass is 32.2. The maximum Gasteiger partial charge on any atom is 0.320 e. The van der Waals surface area contributed by atoms with Gasteiger partial charge in [-0.15, -0.1) is 0 Å². The first-order chi connectivity index (χ1) is 9.08. The van der Waals surface area contributed by atoms with E-state index in [1.165, 1.54) is 0 Å². The predicted molar refractivity (Wildman–Crippen MR) is 75.5 cm³/mol. The van der Waals surface area contributed by atoms with Crippen molar-refractivity contribution in [1.82, 2.24) is 9.80 Å². The lowest BCUT2D eigenvalue weighted by atomic mass is 10.00. The van der Waals surface area contributed by atoms with Crippen molar-refractivity contribution in [2.75, 3.05) is 25.4 Å². The molecule has 0 saturated carbocycles. The van der Waals surface area contributed by atoms with Crippen LogP contribution in [-0.2, 0) is 4.79 Å². The van der Waals surface area contributed by atoms with Crippen molar-refractivity contribution in [1.29, 1.82) is 0 Å². The maximum atomic E-state index is 12.5. The monoisotopic (exact) mass is 286 g/mol. The van der Waals surface area contributed by atoms with Gasteiger partial charge in [-0.1, -0.05) is 6.92 Å². The van der Waals surface area contributed by atoms with E-state index in [9.17, 15) is 9.59 Å². The Labute approximate surface area is 118 Å². The number of hydrogen-bond acceptors (Lipinski definition) is 3. The second kappa shape index (κ2) is 6.50. The molecule has 2 unspecified atom stereocenters. The van der Waals surface area contributed by atoms with E-state index in [1.807, 2.05) is 16.7 Å². The molecular weight excluding hydrogens is 264 g/mol. The van der Waals surface area contributed by atoms with Gasteiger partial charge in [0.15, 0.2) is 0 Å². The van der Waals surface area contributed by atoms with E-state index in [-0.39, 0.29) is 18.5 Å². The van der Waals surface area contributed by atoms with Crippen molar-refractivity contribution in [3.63, 3.8) is 0 Å². The third-order valence-electron chi connectivity index (χ3n) is 3.79. The first-order valence-electron chi connectivity index (χ1n) is 6.97. The van der Waals surface area contributed by atoms with Gasteiger partial charge in [-0.25, -0.2) is 4.79 Å². The molecule has 2 fully saturated rings. The maximum absolute atomic E-state index is 12.5. The fraction of sp³-hybridized carbons (Fsp3) is 0.846. The Morgan fingerprint density at radius 1 is 1.32 bits per heavy atom. The van der Waals surface area contributed by atoms with Gasteiger partial charge < -0.3 is 14.9 Å². The Morgan fingerprint density at radius 2 is 2.11 bits per heavy atom. The number of amides is 2. The van der Waals surface area contributed by atoms with Gasteiger partial charge in [-0.3, -0.25) is 4.79 Å². The van der Waals surface area contributed by atoms with Crippen LogP contribution in [0.25, 0.3) is 0 Å². The molecule has 2 heterocycles. The summed E-state index contributed by atoms with van der Waals surface area (Å²) in [5.74, 6) is 0.164. The lowest BCUT2D eigenvalue weighted by molar-refractivity contribution is -0.138. The number of carboxylic acid groups (broad SMARTS) is 1. The van der Waals surface area contributed by atoms with Gasteiger partial charge in [0, 0.05) is 36.7 Å². The van der Waals surface area contributed by atoms with Crippen LogP contribution in [0.2, 0.25) is 0 Å². The summed E-state index contributed by atoms with van der Waals surface area (Å²) in [5, 5.41) is 9.44. The van der Waals surface area contributed by atoms with Crippen molar-refractivity contribution in [3.05, 3.63) is 0 Å². The average molecular weight is 286 g/mol. The number of rotatable bonds is 2. The molecular formula is C13H22N2O3S. The Hall–Kier alpha value is -0.910. The smallest absolute Gasteiger partial charge is 0.320 e. The van der Waals surface area contributed by atoms with Crippen LogP contribution in [0.4, 0.5) is 4.79 Å². The van der Waals surface area contributed by atoms with Gasteiger partial charge in [-0.05, 0) is 19.3 Å². The third kappa shape index (κ3) is 3.78. The second-order valence-corrected chi connectivity index (χ2v) is 6.90. The molecule has 5 nitrogen and oxygen atoms in total. The van der Waals surface area contributed by atoms with E-state index in [0.29, 0.717) is 11.8 Å². The van der Waals surface area contributed by atoms with Crippen molar-refractivity contribution >= 4 is 23.8 Å². The molecule has 0 bridgehead atoms. The largest absolute Gasteiger partial charge is 0.481 e. The number of thioether (sulfide) groups is 1. The lowest BCUT2D eigenvalue weighted by Gasteiger charge is -2.40. The van der Waals surface area contributed by atoms with Crippen molar-refractivity contribution in [2.45, 2.75) is 43.9 Å². The van der Waals surface area contributed by atoms with Crippen LogP contribution in [-0.4, -0.2) is 63.6 Å². The van der Waals surface area contributed by atoms with E-state index >= 15 is 0 Å². The summed E-state index contributed by atoms with van der Waals surface area (Å²) in [6.45, 7) is 4.40. The molecule has 2 amide bonds. The highest BCUT2D eigenvalue weighted by molar-refractivity contribution is 7.99. The van der Waals surface area contributed by atoms with E-state index in [0.717, 1.165) is 38.1 Å². The average Bonchev–Trinajstić information content (AvgIpc) is 2.38. The Kier molecular flexibility index (Phi) is 4.96. The number of carbonyl (C=O) groups excluding carboxylic acids is 1. The zero-order valence-corrected chi connectivity index (χ0v) is 12.2. The number of carbonyl (C=O) groups is 2. The zero-order valence-electron chi connectivity index (χ0n) is 11.4. The van der Waals surface area contributed by atoms with Gasteiger partial charge in [0.1, 0.15) is 0 Å². The quantitative estimate of drug-likeness (QED) is 0.842. The number of likely N-dealkylation sites (tertiary alicyclic amines) is 1. The fourth-order valence-electron chi connectivity index (χ4n) is 2.84.